The molecule has 1 saturated carbocycles. The summed E-state index contributed by atoms with van der Waals surface area (Å²) in [5, 5.41) is 40.5. The highest BCUT2D eigenvalue weighted by atomic mass is 16.7. The minimum atomic E-state index is -1.50. The van der Waals surface area contributed by atoms with Gasteiger partial charge in [-0.05, 0) is 124 Å². The van der Waals surface area contributed by atoms with Crippen LogP contribution in [0, 0.1) is 27.9 Å². The maximum atomic E-state index is 15.4. The molecule has 1 heterocycles. The zero-order valence-electron chi connectivity index (χ0n) is 39.4. The van der Waals surface area contributed by atoms with E-state index in [1.54, 1.807) is 24.3 Å². The molecule has 0 radical (unpaired) electrons. The number of nitro groups is 1. The Balaban J connectivity index is 1.24. The zero-order valence-corrected chi connectivity index (χ0v) is 39.4. The number of allylic oxidation sites excluding steroid dienone is 1. The summed E-state index contributed by atoms with van der Waals surface area (Å²) < 4.78 is 21.4. The smallest absolute Gasteiger partial charge is 0.269 e. The van der Waals surface area contributed by atoms with Crippen LogP contribution in [0.4, 0.5) is 5.69 Å². The van der Waals surface area contributed by atoms with Crippen LogP contribution >= 0.6 is 0 Å². The fourth-order valence-corrected chi connectivity index (χ4v) is 11.1. The molecule has 6 aromatic rings. The third-order valence-electron chi connectivity index (χ3n) is 14.2. The van der Waals surface area contributed by atoms with Gasteiger partial charge in [-0.25, -0.2) is 0 Å². The van der Waals surface area contributed by atoms with Crippen molar-refractivity contribution in [1.82, 2.24) is 4.90 Å². The standard InChI is InChI=1S/C58H59N3O9/c1-3-33-68-58-54(60(38-44-18-12-17-41-14-6-7-19-48(41)44)55(64)30-23-39-21-25-45(26-22-39)61(65)66)37-52(59-67-2)50-35-43(16-8-10-31-62)49(20-9-11-32-63)56(57(50)58)51-36-47(28-29-53(51)70-58)69-46-27-24-40-13-4-5-15-42(40)34-46/h3-7,12-15,17-19,21-30,34-36,43,49,54,56-57,62-63H,1,8-11,16,20,31-33,37-38H2,2H3/t43-,49+,54-,56+,57+,58+/m0/s1. The number of hydrogen-bond donors (Lipinski definition) is 2. The maximum absolute atomic E-state index is 15.4. The predicted octanol–water partition coefficient (Wildman–Crippen LogP) is 11.7. The van der Waals surface area contributed by atoms with Gasteiger partial charge in [-0.3, -0.25) is 14.9 Å². The summed E-state index contributed by atoms with van der Waals surface area (Å²) in [6.07, 6.45) is 11.9. The number of rotatable bonds is 20. The lowest BCUT2D eigenvalue weighted by Crippen LogP contribution is -2.70. The fourth-order valence-electron chi connectivity index (χ4n) is 11.1. The Morgan fingerprint density at radius 3 is 2.34 bits per heavy atom. The predicted molar refractivity (Wildman–Crippen MR) is 273 cm³/mol. The van der Waals surface area contributed by atoms with Gasteiger partial charge in [-0.15, -0.1) is 6.58 Å². The van der Waals surface area contributed by atoms with Gasteiger partial charge < -0.3 is 34.2 Å². The van der Waals surface area contributed by atoms with Crippen LogP contribution in [0.25, 0.3) is 27.6 Å². The molecule has 2 aliphatic carbocycles. The molecule has 12 nitrogen and oxygen atoms in total. The molecule has 360 valence electrons. The topological polar surface area (TPSA) is 153 Å². The van der Waals surface area contributed by atoms with Gasteiger partial charge in [0.2, 0.25) is 11.7 Å². The highest BCUT2D eigenvalue weighted by Gasteiger charge is 2.65. The van der Waals surface area contributed by atoms with Gasteiger partial charge in [0.05, 0.1) is 23.2 Å². The molecular weight excluding hydrogens is 883 g/mol. The fraction of sp³-hybridized carbons (Fsp3) is 0.310. The number of aliphatic hydroxyl groups is 2. The Bertz CT molecular complexity index is 2940. The first-order valence-corrected chi connectivity index (χ1v) is 24.2. The number of ether oxygens (including phenoxy) is 3. The first-order chi connectivity index (χ1) is 34.2. The SMILES string of the molecule is C=CCO[C@@]12Oc3ccc(Oc4ccc5ccccc5c4)cc3[C@H]3[C@H](CCCCO)[C@@H](CCCCO)C=C(C(=NOC)C[C@@H]1N(Cc1cccc4ccccc14)C(=O)C=Cc1ccc([N+](=O)[O-])cc1)[C@H]32. The molecule has 12 heteroatoms. The normalized spacial score (nSPS) is 22.0. The number of benzene rings is 6. The molecule has 3 aliphatic rings. The number of hydrogen-bond acceptors (Lipinski definition) is 10. The van der Waals surface area contributed by atoms with Crippen molar-refractivity contribution in [2.24, 2.45) is 22.9 Å². The Kier molecular flexibility index (Phi) is 14.8. The lowest BCUT2D eigenvalue weighted by Gasteiger charge is -2.60. The highest BCUT2D eigenvalue weighted by Crippen LogP contribution is 2.62. The van der Waals surface area contributed by atoms with E-state index in [-0.39, 0.29) is 62.1 Å². The van der Waals surface area contributed by atoms with Crippen molar-refractivity contribution in [2.75, 3.05) is 26.9 Å². The van der Waals surface area contributed by atoms with E-state index in [9.17, 15) is 20.3 Å². The monoisotopic (exact) mass is 941 g/mol. The van der Waals surface area contributed by atoms with Gasteiger partial charge in [-0.2, -0.15) is 0 Å². The average molecular weight is 942 g/mol. The molecule has 2 N–H and O–H groups in total. The summed E-state index contributed by atoms with van der Waals surface area (Å²) in [5.74, 6) is -0.623. The number of aliphatic hydroxyl groups excluding tert-OH is 2. The van der Waals surface area contributed by atoms with Crippen LogP contribution in [0.15, 0.2) is 163 Å². The van der Waals surface area contributed by atoms with Crippen LogP contribution < -0.4 is 9.47 Å². The van der Waals surface area contributed by atoms with Crippen molar-refractivity contribution >= 4 is 44.9 Å². The summed E-state index contributed by atoms with van der Waals surface area (Å²) in [7, 11) is 1.53. The number of oxime groups is 1. The molecule has 6 atom stereocenters. The van der Waals surface area contributed by atoms with E-state index in [1.165, 1.54) is 25.3 Å². The molecular formula is C58H59N3O9. The lowest BCUT2D eigenvalue weighted by atomic mass is 9.55. The van der Waals surface area contributed by atoms with Crippen molar-refractivity contribution in [3.05, 3.63) is 185 Å². The Hall–Kier alpha value is -7.12. The maximum Gasteiger partial charge on any atom is 0.269 e. The largest absolute Gasteiger partial charge is 0.459 e. The van der Waals surface area contributed by atoms with Gasteiger partial charge >= 0.3 is 0 Å². The van der Waals surface area contributed by atoms with E-state index in [0.29, 0.717) is 41.4 Å². The minimum Gasteiger partial charge on any atom is -0.459 e. The van der Waals surface area contributed by atoms with Crippen molar-refractivity contribution in [2.45, 2.75) is 69.2 Å². The Morgan fingerprint density at radius 2 is 1.59 bits per heavy atom. The summed E-state index contributed by atoms with van der Waals surface area (Å²) in [6, 6.07) is 39.6. The Morgan fingerprint density at radius 1 is 0.871 bits per heavy atom. The van der Waals surface area contributed by atoms with Crippen LogP contribution in [0.1, 0.15) is 67.6 Å². The number of nitro benzene ring substituents is 1. The second-order valence-corrected chi connectivity index (χ2v) is 18.4. The van der Waals surface area contributed by atoms with Crippen LogP contribution in [0.3, 0.4) is 0 Å². The van der Waals surface area contributed by atoms with E-state index in [2.05, 4.69) is 55.1 Å². The van der Waals surface area contributed by atoms with Crippen LogP contribution in [0.2, 0.25) is 0 Å². The second kappa shape index (κ2) is 21.7. The first kappa shape index (κ1) is 47.9. The van der Waals surface area contributed by atoms with Crippen LogP contribution in [0.5, 0.6) is 17.2 Å². The molecule has 70 heavy (non-hydrogen) atoms. The van der Waals surface area contributed by atoms with E-state index in [4.69, 9.17) is 24.2 Å². The van der Waals surface area contributed by atoms with Gasteiger partial charge in [0.25, 0.3) is 5.69 Å². The number of fused-ring (bicyclic) bond motifs is 4. The number of non-ortho nitro benzene ring substituents is 1. The van der Waals surface area contributed by atoms with Crippen molar-refractivity contribution in [3.63, 3.8) is 0 Å². The lowest BCUT2D eigenvalue weighted by molar-refractivity contribution is -0.384. The van der Waals surface area contributed by atoms with Crippen molar-refractivity contribution < 1.29 is 39.0 Å². The van der Waals surface area contributed by atoms with E-state index < -0.39 is 22.7 Å². The zero-order chi connectivity index (χ0) is 48.6. The molecule has 9 rings (SSSR count). The summed E-state index contributed by atoms with van der Waals surface area (Å²) in [6.45, 7) is 4.51. The molecule has 1 fully saturated rings. The third-order valence-corrected chi connectivity index (χ3v) is 14.2. The van der Waals surface area contributed by atoms with Crippen molar-refractivity contribution in [1.29, 1.82) is 0 Å². The molecule has 0 bridgehead atoms. The van der Waals surface area contributed by atoms with Crippen LogP contribution in [-0.2, 0) is 20.9 Å². The van der Waals surface area contributed by atoms with Gasteiger partial charge in [0.15, 0.2) is 0 Å². The molecule has 0 aromatic heterocycles. The number of carbonyl (C=O) groups is 1. The van der Waals surface area contributed by atoms with Gasteiger partial charge in [0, 0.05) is 55.9 Å². The molecule has 1 amide bonds. The van der Waals surface area contributed by atoms with Crippen molar-refractivity contribution in [3.8, 4) is 17.2 Å². The number of unbranched alkanes of at least 4 members (excludes halogenated alkanes) is 2. The number of amides is 1. The second-order valence-electron chi connectivity index (χ2n) is 18.4. The summed E-state index contributed by atoms with van der Waals surface area (Å²) >= 11 is 0. The van der Waals surface area contributed by atoms with E-state index >= 15 is 4.79 Å². The van der Waals surface area contributed by atoms with Gasteiger partial charge in [0.1, 0.15) is 30.4 Å². The summed E-state index contributed by atoms with van der Waals surface area (Å²) in [4.78, 5) is 33.9. The molecule has 0 unspecified atom stereocenters. The number of nitrogens with zero attached hydrogens (tertiary/aromatic N) is 3. The molecule has 0 spiro atoms. The quantitative estimate of drug-likeness (QED) is 0.0250. The van der Waals surface area contributed by atoms with Crippen LogP contribution in [-0.4, -0.2) is 70.4 Å². The minimum absolute atomic E-state index is 0.0102. The Labute approximate surface area is 408 Å². The van der Waals surface area contributed by atoms with E-state index in [0.717, 1.165) is 63.9 Å². The third kappa shape index (κ3) is 9.85. The molecule has 0 saturated heterocycles. The van der Waals surface area contributed by atoms with E-state index in [1.807, 2.05) is 65.6 Å². The molecule has 1 aliphatic heterocycles. The average Bonchev–Trinajstić information content (AvgIpc) is 3.38. The van der Waals surface area contributed by atoms with Gasteiger partial charge in [-0.1, -0.05) is 103 Å². The molecule has 6 aromatic carbocycles. The first-order valence-electron chi connectivity index (χ1n) is 24.2. The summed E-state index contributed by atoms with van der Waals surface area (Å²) in [5.41, 5.74) is 4.02. The highest BCUT2D eigenvalue weighted by molar-refractivity contribution is 6.03. The number of carbonyl (C=O) groups excluding carboxylic acids is 1.